The molecule has 7 rings (SSSR count). The number of fused-ring (bicyclic) bond motifs is 3. The lowest BCUT2D eigenvalue weighted by molar-refractivity contribution is -0.143. The number of nitrogens with one attached hydrogen (secondary N) is 1. The van der Waals surface area contributed by atoms with Gasteiger partial charge in [0.15, 0.2) is 6.10 Å². The number of H-pyrrole nitrogens is 1. The van der Waals surface area contributed by atoms with Crippen LogP contribution in [0.1, 0.15) is 48.4 Å². The molecule has 0 unspecified atom stereocenters. The number of nitrogens with two attached hydrogens (primary N) is 1. The van der Waals surface area contributed by atoms with Crippen LogP contribution in [-0.4, -0.2) is 118 Å². The predicted molar refractivity (Wildman–Crippen MR) is 191 cm³/mol. The van der Waals surface area contributed by atoms with Gasteiger partial charge in [-0.3, -0.25) is 19.2 Å². The van der Waals surface area contributed by atoms with Gasteiger partial charge < -0.3 is 30.2 Å². The van der Waals surface area contributed by atoms with Crippen molar-refractivity contribution in [3.8, 4) is 0 Å². The molecule has 0 aliphatic carbocycles. The number of benzene rings is 2. The number of pyridine rings is 1. The average Bonchev–Trinajstić information content (AvgIpc) is 3.50. The summed E-state index contributed by atoms with van der Waals surface area (Å²) in [7, 11) is 2.05. The number of alkyl halides is 6. The number of rotatable bonds is 6. The fourth-order valence-electron chi connectivity index (χ4n) is 8.15. The second-order valence-corrected chi connectivity index (χ2v) is 14.6. The first kappa shape index (κ1) is 38.4. The minimum absolute atomic E-state index is 0.109. The number of piperazine rings is 1. The summed E-state index contributed by atoms with van der Waals surface area (Å²) >= 11 is 0. The summed E-state index contributed by atoms with van der Waals surface area (Å²) in [5.41, 5.74) is 1.60. The molecule has 3 saturated heterocycles. The van der Waals surface area contributed by atoms with E-state index in [0.717, 1.165) is 31.3 Å². The summed E-state index contributed by atoms with van der Waals surface area (Å²) in [5.74, 6) is -0.713. The van der Waals surface area contributed by atoms with E-state index < -0.39 is 59.3 Å². The Balaban J connectivity index is 1.09. The van der Waals surface area contributed by atoms with E-state index in [1.165, 1.54) is 9.80 Å². The molecule has 3 aliphatic heterocycles. The third kappa shape index (κ3) is 7.97. The Kier molecular flexibility index (Phi) is 10.5. The van der Waals surface area contributed by atoms with E-state index in [-0.39, 0.29) is 37.9 Å². The number of nitrogens with zero attached hydrogens (tertiary/aromatic N) is 6. The molecular formula is C37H42F6N8O4. The number of carbonyl (C=O) groups excluding carboxylic acids is 2. The quantitative estimate of drug-likeness (QED) is 0.204. The molecule has 0 bridgehead atoms. The number of ether oxygens (including phenoxy) is 1. The Bertz CT molecular complexity index is 2080. The molecule has 0 spiro atoms. The topological polar surface area (TPSA) is 133 Å². The average molecular weight is 777 g/mol. The number of hydrogen-bond donors (Lipinski definition) is 2. The molecule has 3 fully saturated rings. The molecule has 2 aromatic carbocycles. The van der Waals surface area contributed by atoms with Gasteiger partial charge in [-0.05, 0) is 69.6 Å². The Morgan fingerprint density at radius 3 is 2.09 bits per heavy atom. The standard InChI is InChI=1S/C37H42F6N8O4/c1-47-10-6-23(7-11-47)48-14-16-49(17-15-48)33(52)30(20-22-18-26(36(38,39)40)31(44)27(19-22)37(41,42)43)55-35(54)50-12-8-24(9-13-50)51-29-21-45-28-5-3-2-4-25(28)32(29)46-34(51)53/h2-5,18-19,21,23-24,30H,6-17,20,44H2,1H3,(H,46,53)/t30-/m1/s1. The Morgan fingerprint density at radius 2 is 1.47 bits per heavy atom. The number of para-hydroxylation sites is 1. The van der Waals surface area contributed by atoms with E-state index in [9.17, 15) is 40.7 Å². The molecule has 0 radical (unpaired) electrons. The molecule has 4 aromatic rings. The molecule has 0 saturated carbocycles. The lowest BCUT2D eigenvalue weighted by Gasteiger charge is -2.42. The SMILES string of the molecule is CN1CCC(N2CCN(C(=O)[C@@H](Cc3cc(C(F)(F)F)c(N)c(C(F)(F)F)c3)OC(=O)N3CCC(n4c(=O)[nH]c5c6ccccc6ncc54)CC3)CC2)CC1. The van der Waals surface area contributed by atoms with E-state index in [1.807, 2.05) is 24.3 Å². The van der Waals surface area contributed by atoms with Crippen LogP contribution in [0.4, 0.5) is 36.8 Å². The summed E-state index contributed by atoms with van der Waals surface area (Å²) in [4.78, 5) is 55.5. The van der Waals surface area contributed by atoms with Gasteiger partial charge in [-0.25, -0.2) is 9.59 Å². The minimum atomic E-state index is -5.22. The van der Waals surface area contributed by atoms with Gasteiger partial charge in [0, 0.05) is 63.2 Å². The molecule has 2 aromatic heterocycles. The number of carbonyl (C=O) groups is 2. The normalized spacial score (nSPS) is 19.3. The summed E-state index contributed by atoms with van der Waals surface area (Å²) < 4.78 is 90.8. The smallest absolute Gasteiger partial charge is 0.418 e. The second-order valence-electron chi connectivity index (χ2n) is 14.6. The maximum Gasteiger partial charge on any atom is 0.418 e. The number of anilines is 1. The molecule has 12 nitrogen and oxygen atoms in total. The van der Waals surface area contributed by atoms with Crippen molar-refractivity contribution in [2.24, 2.45) is 0 Å². The molecule has 3 N–H and O–H groups in total. The Hall–Kier alpha value is -4.84. The van der Waals surface area contributed by atoms with Crippen LogP contribution in [0.3, 0.4) is 0 Å². The van der Waals surface area contributed by atoms with E-state index >= 15 is 0 Å². The van der Waals surface area contributed by atoms with Gasteiger partial charge in [0.1, 0.15) is 0 Å². The first-order valence-corrected chi connectivity index (χ1v) is 18.3. The van der Waals surface area contributed by atoms with Gasteiger partial charge in [-0.1, -0.05) is 18.2 Å². The fraction of sp³-hybridized carbons (Fsp3) is 0.514. The molecule has 2 amide bonds. The zero-order valence-corrected chi connectivity index (χ0v) is 30.1. The van der Waals surface area contributed by atoms with E-state index in [2.05, 4.69) is 26.8 Å². The van der Waals surface area contributed by atoms with Gasteiger partial charge in [-0.15, -0.1) is 0 Å². The Labute approximate surface area is 311 Å². The number of hydrogen-bond acceptors (Lipinski definition) is 8. The summed E-state index contributed by atoms with van der Waals surface area (Å²) in [6.07, 6.45) is -9.65. The predicted octanol–water partition coefficient (Wildman–Crippen LogP) is 5.12. The van der Waals surface area contributed by atoms with Crippen LogP contribution in [0.15, 0.2) is 47.4 Å². The zero-order valence-electron chi connectivity index (χ0n) is 30.1. The van der Waals surface area contributed by atoms with Crippen LogP contribution in [0.25, 0.3) is 21.9 Å². The number of likely N-dealkylation sites (tertiary alicyclic amines) is 2. The van der Waals surface area contributed by atoms with Crippen molar-refractivity contribution >= 4 is 39.6 Å². The van der Waals surface area contributed by atoms with Gasteiger partial charge >= 0.3 is 24.1 Å². The summed E-state index contributed by atoms with van der Waals surface area (Å²) in [5, 5.41) is 0.779. The van der Waals surface area contributed by atoms with Crippen LogP contribution in [0.5, 0.6) is 0 Å². The van der Waals surface area contributed by atoms with Gasteiger partial charge in [0.2, 0.25) is 0 Å². The Morgan fingerprint density at radius 1 is 0.873 bits per heavy atom. The maximum atomic E-state index is 14.0. The molecular weight excluding hydrogens is 734 g/mol. The summed E-state index contributed by atoms with van der Waals surface area (Å²) in [6, 6.07) is 8.33. The van der Waals surface area contributed by atoms with Crippen molar-refractivity contribution in [2.75, 3.05) is 65.1 Å². The highest BCUT2D eigenvalue weighted by molar-refractivity contribution is 6.01. The lowest BCUT2D eigenvalue weighted by atomic mass is 9.97. The molecule has 296 valence electrons. The van der Waals surface area contributed by atoms with Crippen LogP contribution in [-0.2, 0) is 28.3 Å². The highest BCUT2D eigenvalue weighted by atomic mass is 19.4. The van der Waals surface area contributed by atoms with E-state index in [4.69, 9.17) is 10.5 Å². The van der Waals surface area contributed by atoms with E-state index in [1.54, 1.807) is 10.8 Å². The van der Waals surface area contributed by atoms with Crippen LogP contribution in [0.2, 0.25) is 0 Å². The highest BCUT2D eigenvalue weighted by Gasteiger charge is 2.42. The third-order valence-corrected chi connectivity index (χ3v) is 11.2. The van der Waals surface area contributed by atoms with E-state index in [0.29, 0.717) is 60.7 Å². The van der Waals surface area contributed by atoms with Gasteiger partial charge in [-0.2, -0.15) is 26.3 Å². The van der Waals surface area contributed by atoms with Crippen LogP contribution >= 0.6 is 0 Å². The fourth-order valence-corrected chi connectivity index (χ4v) is 8.15. The van der Waals surface area contributed by atoms with Crippen molar-refractivity contribution in [1.29, 1.82) is 0 Å². The first-order chi connectivity index (χ1) is 26.1. The minimum Gasteiger partial charge on any atom is -0.436 e. The van der Waals surface area contributed by atoms with Crippen molar-refractivity contribution < 1.29 is 40.7 Å². The number of halogens is 6. The number of imidazole rings is 1. The number of piperidine rings is 2. The molecule has 18 heteroatoms. The number of nitrogen functional groups attached to an aromatic ring is 1. The summed E-state index contributed by atoms with van der Waals surface area (Å²) in [6.45, 7) is 3.63. The number of amides is 2. The van der Waals surface area contributed by atoms with Crippen molar-refractivity contribution in [1.82, 2.24) is 34.1 Å². The number of aromatic nitrogens is 3. The largest absolute Gasteiger partial charge is 0.436 e. The van der Waals surface area contributed by atoms with Crippen LogP contribution in [0, 0.1) is 0 Å². The monoisotopic (exact) mass is 776 g/mol. The lowest BCUT2D eigenvalue weighted by Crippen LogP contribution is -2.56. The van der Waals surface area contributed by atoms with Crippen molar-refractivity contribution in [3.63, 3.8) is 0 Å². The second kappa shape index (κ2) is 15.0. The highest BCUT2D eigenvalue weighted by Crippen LogP contribution is 2.42. The van der Waals surface area contributed by atoms with Gasteiger partial charge in [0.05, 0.1) is 39.6 Å². The van der Waals surface area contributed by atoms with Crippen LogP contribution < -0.4 is 11.4 Å². The molecule has 55 heavy (non-hydrogen) atoms. The molecule has 5 heterocycles. The van der Waals surface area contributed by atoms with Crippen molar-refractivity contribution in [3.05, 3.63) is 69.8 Å². The van der Waals surface area contributed by atoms with Gasteiger partial charge in [0.25, 0.3) is 5.91 Å². The third-order valence-electron chi connectivity index (χ3n) is 11.2. The molecule has 3 aliphatic rings. The zero-order chi connectivity index (χ0) is 39.2. The number of aromatic amines is 1. The molecule has 1 atom stereocenters. The first-order valence-electron chi connectivity index (χ1n) is 18.3. The maximum absolute atomic E-state index is 14.0. The van der Waals surface area contributed by atoms with Crippen molar-refractivity contribution in [2.45, 2.75) is 62.6 Å².